The number of hydrogen-bond acceptors (Lipinski definition) is 3. The summed E-state index contributed by atoms with van der Waals surface area (Å²) in [6.07, 6.45) is 0. The summed E-state index contributed by atoms with van der Waals surface area (Å²) in [5.74, 6) is 0.965. The van der Waals surface area contributed by atoms with E-state index in [1.165, 1.54) is 16.0 Å². The lowest BCUT2D eigenvalue weighted by Gasteiger charge is -2.19. The van der Waals surface area contributed by atoms with E-state index in [4.69, 9.17) is 4.74 Å². The normalized spacial score (nSPS) is 12.4. The first-order chi connectivity index (χ1) is 8.76. The molecule has 1 unspecified atom stereocenters. The lowest BCUT2D eigenvalue weighted by Crippen LogP contribution is -2.21. The fraction of sp³-hybridized carbons (Fsp3) is 0.333. The first-order valence-electron chi connectivity index (χ1n) is 6.17. The molecule has 0 aliphatic heterocycles. The SMILES string of the molecule is CCNC(c1cccc(C)c1)c1sccc1OC. The van der Waals surface area contributed by atoms with Gasteiger partial charge in [-0.05, 0) is 30.5 Å². The van der Waals surface area contributed by atoms with Gasteiger partial charge in [-0.3, -0.25) is 0 Å². The van der Waals surface area contributed by atoms with Crippen LogP contribution in [0.25, 0.3) is 0 Å². The maximum Gasteiger partial charge on any atom is 0.134 e. The molecule has 1 aromatic heterocycles. The van der Waals surface area contributed by atoms with Crippen LogP contribution in [0.2, 0.25) is 0 Å². The average Bonchev–Trinajstić information content (AvgIpc) is 2.84. The van der Waals surface area contributed by atoms with Crippen LogP contribution in [-0.2, 0) is 0 Å². The van der Waals surface area contributed by atoms with Crippen molar-refractivity contribution in [3.8, 4) is 5.75 Å². The second kappa shape index (κ2) is 6.03. The first-order valence-corrected chi connectivity index (χ1v) is 7.05. The molecule has 18 heavy (non-hydrogen) atoms. The molecule has 1 atom stereocenters. The zero-order chi connectivity index (χ0) is 13.0. The Bertz CT molecular complexity index is 507. The van der Waals surface area contributed by atoms with Crippen molar-refractivity contribution in [1.29, 1.82) is 0 Å². The zero-order valence-corrected chi connectivity index (χ0v) is 11.9. The summed E-state index contributed by atoms with van der Waals surface area (Å²) in [5.41, 5.74) is 2.57. The molecule has 0 radical (unpaired) electrons. The minimum atomic E-state index is 0.213. The third kappa shape index (κ3) is 2.74. The molecule has 96 valence electrons. The molecular weight excluding hydrogens is 242 g/mol. The topological polar surface area (TPSA) is 21.3 Å². The third-order valence-corrected chi connectivity index (χ3v) is 3.89. The van der Waals surface area contributed by atoms with Crippen molar-refractivity contribution >= 4 is 11.3 Å². The van der Waals surface area contributed by atoms with Crippen LogP contribution in [0.15, 0.2) is 35.7 Å². The number of methoxy groups -OCH3 is 1. The van der Waals surface area contributed by atoms with Crippen LogP contribution >= 0.6 is 11.3 Å². The molecule has 3 heteroatoms. The highest BCUT2D eigenvalue weighted by molar-refractivity contribution is 7.10. The van der Waals surface area contributed by atoms with E-state index in [-0.39, 0.29) is 6.04 Å². The van der Waals surface area contributed by atoms with Crippen LogP contribution in [0.4, 0.5) is 0 Å². The molecule has 0 spiro atoms. The predicted molar refractivity (Wildman–Crippen MR) is 77.6 cm³/mol. The third-order valence-electron chi connectivity index (χ3n) is 2.92. The first kappa shape index (κ1) is 13.1. The Hall–Kier alpha value is -1.32. The van der Waals surface area contributed by atoms with Crippen LogP contribution in [0, 0.1) is 6.92 Å². The standard InChI is InChI=1S/C15H19NOS/c1-4-16-14(12-7-5-6-11(2)10-12)15-13(17-3)8-9-18-15/h5-10,14,16H,4H2,1-3H3. The molecule has 2 aromatic rings. The molecule has 1 heterocycles. The van der Waals surface area contributed by atoms with Crippen LogP contribution in [0.1, 0.15) is 29.0 Å². The maximum absolute atomic E-state index is 5.43. The highest BCUT2D eigenvalue weighted by Gasteiger charge is 2.18. The van der Waals surface area contributed by atoms with Crippen LogP contribution in [0.3, 0.4) is 0 Å². The Morgan fingerprint density at radius 2 is 2.17 bits per heavy atom. The van der Waals surface area contributed by atoms with Crippen LogP contribution in [0.5, 0.6) is 5.75 Å². The predicted octanol–water partition coefficient (Wildman–Crippen LogP) is 3.76. The molecule has 2 rings (SSSR count). The zero-order valence-electron chi connectivity index (χ0n) is 11.1. The van der Waals surface area contributed by atoms with E-state index >= 15 is 0 Å². The molecule has 0 fully saturated rings. The Labute approximate surface area is 113 Å². The molecular formula is C15H19NOS. The van der Waals surface area contributed by atoms with Crippen molar-refractivity contribution in [2.75, 3.05) is 13.7 Å². The molecule has 0 bridgehead atoms. The summed E-state index contributed by atoms with van der Waals surface area (Å²) in [7, 11) is 1.73. The van der Waals surface area contributed by atoms with E-state index in [9.17, 15) is 0 Å². The molecule has 2 nitrogen and oxygen atoms in total. The van der Waals surface area contributed by atoms with Crippen molar-refractivity contribution in [1.82, 2.24) is 5.32 Å². The number of ether oxygens (including phenoxy) is 1. The second-order valence-corrected chi connectivity index (χ2v) is 5.21. The molecule has 0 aliphatic rings. The van der Waals surface area contributed by atoms with Crippen molar-refractivity contribution in [3.05, 3.63) is 51.7 Å². The van der Waals surface area contributed by atoms with E-state index in [1.54, 1.807) is 18.4 Å². The van der Waals surface area contributed by atoms with Gasteiger partial charge in [-0.1, -0.05) is 36.8 Å². The highest BCUT2D eigenvalue weighted by atomic mass is 32.1. The molecule has 0 saturated carbocycles. The van der Waals surface area contributed by atoms with E-state index in [2.05, 4.69) is 48.8 Å². The van der Waals surface area contributed by atoms with Gasteiger partial charge in [0.05, 0.1) is 18.0 Å². The Balaban J connectivity index is 2.39. The van der Waals surface area contributed by atoms with Gasteiger partial charge in [0.2, 0.25) is 0 Å². The van der Waals surface area contributed by atoms with Gasteiger partial charge in [-0.2, -0.15) is 0 Å². The summed E-state index contributed by atoms with van der Waals surface area (Å²) >= 11 is 1.74. The summed E-state index contributed by atoms with van der Waals surface area (Å²) in [5, 5.41) is 5.61. The molecule has 1 N–H and O–H groups in total. The second-order valence-electron chi connectivity index (χ2n) is 4.26. The molecule has 1 aromatic carbocycles. The van der Waals surface area contributed by atoms with E-state index in [0.29, 0.717) is 0 Å². The summed E-state index contributed by atoms with van der Waals surface area (Å²) in [6, 6.07) is 10.9. The van der Waals surface area contributed by atoms with Gasteiger partial charge < -0.3 is 10.1 Å². The van der Waals surface area contributed by atoms with Gasteiger partial charge in [0, 0.05) is 0 Å². The Morgan fingerprint density at radius 3 is 2.83 bits per heavy atom. The van der Waals surface area contributed by atoms with Gasteiger partial charge in [-0.25, -0.2) is 0 Å². The lowest BCUT2D eigenvalue weighted by molar-refractivity contribution is 0.408. The smallest absolute Gasteiger partial charge is 0.134 e. The Kier molecular flexibility index (Phi) is 4.39. The van der Waals surface area contributed by atoms with Crippen molar-refractivity contribution in [3.63, 3.8) is 0 Å². The molecule has 0 amide bonds. The summed E-state index contributed by atoms with van der Waals surface area (Å²) in [4.78, 5) is 1.24. The molecule has 0 saturated heterocycles. The fourth-order valence-electron chi connectivity index (χ4n) is 2.10. The van der Waals surface area contributed by atoms with E-state index in [1.807, 2.05) is 6.07 Å². The van der Waals surface area contributed by atoms with E-state index < -0.39 is 0 Å². The monoisotopic (exact) mass is 261 g/mol. The number of nitrogens with one attached hydrogen (secondary N) is 1. The van der Waals surface area contributed by atoms with Gasteiger partial charge in [0.25, 0.3) is 0 Å². The molecule has 0 aliphatic carbocycles. The van der Waals surface area contributed by atoms with Gasteiger partial charge in [0.1, 0.15) is 5.75 Å². The number of hydrogen-bond donors (Lipinski definition) is 1. The van der Waals surface area contributed by atoms with Crippen molar-refractivity contribution in [2.45, 2.75) is 19.9 Å². The fourth-order valence-corrected chi connectivity index (χ4v) is 3.07. The largest absolute Gasteiger partial charge is 0.496 e. The van der Waals surface area contributed by atoms with Crippen LogP contribution < -0.4 is 10.1 Å². The van der Waals surface area contributed by atoms with Crippen LogP contribution in [-0.4, -0.2) is 13.7 Å². The average molecular weight is 261 g/mol. The van der Waals surface area contributed by atoms with Crippen molar-refractivity contribution in [2.24, 2.45) is 0 Å². The van der Waals surface area contributed by atoms with Gasteiger partial charge in [0.15, 0.2) is 0 Å². The number of benzene rings is 1. The maximum atomic E-state index is 5.43. The number of thiophene rings is 1. The quantitative estimate of drug-likeness (QED) is 0.884. The lowest BCUT2D eigenvalue weighted by atomic mass is 10.0. The van der Waals surface area contributed by atoms with Gasteiger partial charge in [-0.15, -0.1) is 11.3 Å². The number of aryl methyl sites for hydroxylation is 1. The minimum absolute atomic E-state index is 0.213. The minimum Gasteiger partial charge on any atom is -0.496 e. The summed E-state index contributed by atoms with van der Waals surface area (Å²) in [6.45, 7) is 5.18. The van der Waals surface area contributed by atoms with Gasteiger partial charge >= 0.3 is 0 Å². The highest BCUT2D eigenvalue weighted by Crippen LogP contribution is 2.34. The number of rotatable bonds is 5. The van der Waals surface area contributed by atoms with E-state index in [0.717, 1.165) is 12.3 Å². The van der Waals surface area contributed by atoms with Crippen molar-refractivity contribution < 1.29 is 4.74 Å². The summed E-state index contributed by atoms with van der Waals surface area (Å²) < 4.78 is 5.43. The Morgan fingerprint density at radius 1 is 1.33 bits per heavy atom.